The van der Waals surface area contributed by atoms with Crippen LogP contribution >= 0.6 is 0 Å². The number of halogens is 1. The van der Waals surface area contributed by atoms with Crippen LogP contribution in [-0.4, -0.2) is 31.4 Å². The summed E-state index contributed by atoms with van der Waals surface area (Å²) in [5.41, 5.74) is 5.51. The van der Waals surface area contributed by atoms with E-state index in [1.54, 1.807) is 12.1 Å². The lowest BCUT2D eigenvalue weighted by atomic mass is 9.91. The van der Waals surface area contributed by atoms with Gasteiger partial charge in [-0.1, -0.05) is 18.2 Å². The largest absolute Gasteiger partial charge is 0.368 e. The second-order valence-electron chi connectivity index (χ2n) is 6.21. The smallest absolute Gasteiger partial charge is 0.123 e. The van der Waals surface area contributed by atoms with E-state index in [4.69, 9.17) is 4.74 Å². The second-order valence-corrected chi connectivity index (χ2v) is 6.21. The summed E-state index contributed by atoms with van der Waals surface area (Å²) in [6.07, 6.45) is 2.61. The van der Waals surface area contributed by atoms with Crippen LogP contribution in [0.1, 0.15) is 35.3 Å². The van der Waals surface area contributed by atoms with Crippen LogP contribution in [0.4, 0.5) is 10.1 Å². The molecule has 126 valence electrons. The molecule has 4 heteroatoms. The van der Waals surface area contributed by atoms with Crippen molar-refractivity contribution in [2.45, 2.75) is 26.4 Å². The van der Waals surface area contributed by atoms with E-state index in [2.05, 4.69) is 31.0 Å². The van der Waals surface area contributed by atoms with Crippen molar-refractivity contribution in [1.82, 2.24) is 4.90 Å². The molecule has 1 atom stereocenters. The molecule has 3 rings (SSSR count). The predicted octanol–water partition coefficient (Wildman–Crippen LogP) is 4.41. The number of hydrogen-bond donors (Lipinski definition) is 0. The number of rotatable bonds is 4. The average Bonchev–Trinajstić information content (AvgIpc) is 2.60. The Hall–Kier alpha value is -2.20. The minimum absolute atomic E-state index is 0.135. The Kier molecular flexibility index (Phi) is 4.95. The molecule has 2 aromatic carbocycles. The van der Waals surface area contributed by atoms with Crippen LogP contribution in [0.2, 0.25) is 0 Å². The van der Waals surface area contributed by atoms with Gasteiger partial charge in [-0.15, -0.1) is 0 Å². The van der Waals surface area contributed by atoms with Gasteiger partial charge in [0.15, 0.2) is 0 Å². The molecule has 0 fully saturated rings. The molecule has 1 aliphatic heterocycles. The topological polar surface area (TPSA) is 24.8 Å². The maximum Gasteiger partial charge on any atom is 0.123 e. The number of aliphatic imine (C=N–C) groups is 1. The number of ether oxygens (including phenoxy) is 1. The molecule has 0 spiro atoms. The molecule has 0 saturated carbocycles. The molecule has 0 radical (unpaired) electrons. The van der Waals surface area contributed by atoms with Gasteiger partial charge < -0.3 is 9.64 Å². The van der Waals surface area contributed by atoms with Crippen LogP contribution < -0.4 is 0 Å². The summed E-state index contributed by atoms with van der Waals surface area (Å²) in [5.74, 6) is -0.226. The number of nitrogens with zero attached hydrogens (tertiary/aromatic N) is 2. The van der Waals surface area contributed by atoms with Crippen LogP contribution in [0.25, 0.3) is 0 Å². The van der Waals surface area contributed by atoms with E-state index in [9.17, 15) is 4.39 Å². The molecule has 1 aliphatic rings. The van der Waals surface area contributed by atoms with Crippen molar-refractivity contribution in [3.05, 3.63) is 64.5 Å². The Balaban J connectivity index is 1.95. The van der Waals surface area contributed by atoms with Crippen molar-refractivity contribution < 1.29 is 9.13 Å². The van der Waals surface area contributed by atoms with Crippen molar-refractivity contribution in [2.75, 3.05) is 20.2 Å². The van der Waals surface area contributed by atoms with Gasteiger partial charge in [-0.05, 0) is 60.7 Å². The van der Waals surface area contributed by atoms with E-state index < -0.39 is 0 Å². The maximum absolute atomic E-state index is 13.2. The molecule has 0 saturated heterocycles. The third kappa shape index (κ3) is 3.49. The van der Waals surface area contributed by atoms with Crippen LogP contribution in [0.5, 0.6) is 0 Å². The first kappa shape index (κ1) is 16.7. The molecular weight excluding hydrogens is 303 g/mol. The van der Waals surface area contributed by atoms with Crippen LogP contribution in [-0.2, 0) is 11.2 Å². The molecule has 1 unspecified atom stereocenters. The molecule has 0 amide bonds. The summed E-state index contributed by atoms with van der Waals surface area (Å²) in [5, 5.41) is 0. The SMILES string of the molecule is CCN(C)/C=N/c1cc2c(cc1C)C(c1ccc(F)cc1)OCC2. The summed E-state index contributed by atoms with van der Waals surface area (Å²) in [6.45, 7) is 5.75. The van der Waals surface area contributed by atoms with Gasteiger partial charge in [-0.3, -0.25) is 0 Å². The molecule has 0 aliphatic carbocycles. The lowest BCUT2D eigenvalue weighted by molar-refractivity contribution is 0.0698. The van der Waals surface area contributed by atoms with Gasteiger partial charge in [-0.2, -0.15) is 0 Å². The molecule has 0 aromatic heterocycles. The summed E-state index contributed by atoms with van der Waals surface area (Å²) >= 11 is 0. The van der Waals surface area contributed by atoms with E-state index in [1.807, 2.05) is 18.3 Å². The Morgan fingerprint density at radius 1 is 1.29 bits per heavy atom. The Labute approximate surface area is 142 Å². The minimum Gasteiger partial charge on any atom is -0.368 e. The van der Waals surface area contributed by atoms with E-state index in [0.717, 1.165) is 35.3 Å². The lowest BCUT2D eigenvalue weighted by Gasteiger charge is -2.27. The zero-order chi connectivity index (χ0) is 17.1. The molecule has 24 heavy (non-hydrogen) atoms. The van der Waals surface area contributed by atoms with Crippen LogP contribution in [0, 0.1) is 12.7 Å². The minimum atomic E-state index is -0.226. The molecule has 0 bridgehead atoms. The Morgan fingerprint density at radius 3 is 2.75 bits per heavy atom. The molecule has 0 N–H and O–H groups in total. The number of hydrogen-bond acceptors (Lipinski definition) is 2. The Morgan fingerprint density at radius 2 is 2.04 bits per heavy atom. The highest BCUT2D eigenvalue weighted by Crippen LogP contribution is 2.36. The van der Waals surface area contributed by atoms with Gasteiger partial charge in [0.05, 0.1) is 18.6 Å². The first-order chi connectivity index (χ1) is 11.6. The van der Waals surface area contributed by atoms with Gasteiger partial charge in [0.25, 0.3) is 0 Å². The van der Waals surface area contributed by atoms with Crippen molar-refractivity contribution >= 4 is 12.0 Å². The highest BCUT2D eigenvalue weighted by atomic mass is 19.1. The average molecular weight is 326 g/mol. The molecular formula is C20H23FN2O. The van der Waals surface area contributed by atoms with Gasteiger partial charge >= 0.3 is 0 Å². The fourth-order valence-corrected chi connectivity index (χ4v) is 2.89. The fraction of sp³-hybridized carbons (Fsp3) is 0.350. The van der Waals surface area contributed by atoms with Gasteiger partial charge in [0, 0.05) is 13.6 Å². The standard InChI is InChI=1S/C20H23FN2O/c1-4-23(3)13-22-19-12-16-9-10-24-20(18(16)11-14(19)2)15-5-7-17(21)8-6-15/h5-8,11-13,20H,4,9-10H2,1-3H3/b22-13+. The van der Waals surface area contributed by atoms with Crippen molar-refractivity contribution in [3.8, 4) is 0 Å². The molecule has 3 nitrogen and oxygen atoms in total. The first-order valence-electron chi connectivity index (χ1n) is 8.33. The normalized spacial score (nSPS) is 17.1. The van der Waals surface area contributed by atoms with Gasteiger partial charge in [-0.25, -0.2) is 9.38 Å². The van der Waals surface area contributed by atoms with Crippen LogP contribution in [0.15, 0.2) is 41.4 Å². The quantitative estimate of drug-likeness (QED) is 0.614. The molecule has 1 heterocycles. The van der Waals surface area contributed by atoms with E-state index in [0.29, 0.717) is 6.61 Å². The van der Waals surface area contributed by atoms with Crippen molar-refractivity contribution in [3.63, 3.8) is 0 Å². The van der Waals surface area contributed by atoms with Gasteiger partial charge in [0.1, 0.15) is 11.9 Å². The molecule has 2 aromatic rings. The number of fused-ring (bicyclic) bond motifs is 1. The predicted molar refractivity (Wildman–Crippen MR) is 95.5 cm³/mol. The monoisotopic (exact) mass is 326 g/mol. The summed E-state index contributed by atoms with van der Waals surface area (Å²) in [6, 6.07) is 10.9. The summed E-state index contributed by atoms with van der Waals surface area (Å²) < 4.78 is 19.2. The van der Waals surface area contributed by atoms with Crippen molar-refractivity contribution in [2.24, 2.45) is 4.99 Å². The lowest BCUT2D eigenvalue weighted by Crippen LogP contribution is -2.18. The maximum atomic E-state index is 13.2. The zero-order valence-corrected chi connectivity index (χ0v) is 14.4. The highest BCUT2D eigenvalue weighted by Gasteiger charge is 2.23. The highest BCUT2D eigenvalue weighted by molar-refractivity contribution is 5.64. The van der Waals surface area contributed by atoms with E-state index >= 15 is 0 Å². The summed E-state index contributed by atoms with van der Waals surface area (Å²) in [7, 11) is 2.01. The zero-order valence-electron chi connectivity index (χ0n) is 14.4. The Bertz CT molecular complexity index is 740. The van der Waals surface area contributed by atoms with Crippen molar-refractivity contribution in [1.29, 1.82) is 0 Å². The van der Waals surface area contributed by atoms with E-state index in [-0.39, 0.29) is 11.9 Å². The third-order valence-corrected chi connectivity index (χ3v) is 4.46. The van der Waals surface area contributed by atoms with E-state index in [1.165, 1.54) is 17.7 Å². The second kappa shape index (κ2) is 7.14. The third-order valence-electron chi connectivity index (χ3n) is 4.46. The summed E-state index contributed by atoms with van der Waals surface area (Å²) in [4.78, 5) is 6.65. The number of benzene rings is 2. The van der Waals surface area contributed by atoms with Crippen LogP contribution in [0.3, 0.4) is 0 Å². The number of aryl methyl sites for hydroxylation is 1. The fourth-order valence-electron chi connectivity index (χ4n) is 2.89. The van der Waals surface area contributed by atoms with Gasteiger partial charge in [0.2, 0.25) is 0 Å². The first-order valence-corrected chi connectivity index (χ1v) is 8.33.